The van der Waals surface area contributed by atoms with Gasteiger partial charge in [-0.1, -0.05) is 0 Å². The fraction of sp³-hybridized carbons (Fsp3) is 0.875. The molecule has 4 heteroatoms. The second-order valence-electron chi connectivity index (χ2n) is 2.96. The first-order valence-corrected chi connectivity index (χ1v) is 4.00. The molecule has 0 heterocycles. The summed E-state index contributed by atoms with van der Waals surface area (Å²) in [7, 11) is 1.43. The van der Waals surface area contributed by atoms with Crippen LogP contribution in [0.25, 0.3) is 0 Å². The van der Waals surface area contributed by atoms with E-state index in [0.29, 0.717) is 12.8 Å². The highest BCUT2D eigenvalue weighted by molar-refractivity contribution is 5.72. The van der Waals surface area contributed by atoms with Gasteiger partial charge in [-0.25, -0.2) is 0 Å². The Balaban J connectivity index is 3.74. The quantitative estimate of drug-likeness (QED) is 0.418. The van der Waals surface area contributed by atoms with Crippen molar-refractivity contribution in [3.05, 3.63) is 0 Å². The Morgan fingerprint density at radius 2 is 2.17 bits per heavy atom. The number of nitrogens with one attached hydrogen (secondary N) is 1. The predicted molar refractivity (Wildman–Crippen MR) is 46.2 cm³/mol. The first-order valence-electron chi connectivity index (χ1n) is 4.00. The lowest BCUT2D eigenvalue weighted by Crippen LogP contribution is -2.17. The third kappa shape index (κ3) is 5.09. The van der Waals surface area contributed by atoms with Gasteiger partial charge in [0, 0.05) is 13.0 Å². The lowest BCUT2D eigenvalue weighted by molar-refractivity contribution is 0.129. The molecule has 0 aromatic heterocycles. The van der Waals surface area contributed by atoms with E-state index >= 15 is 0 Å². The molecular formula is C8H17NO3. The minimum absolute atomic E-state index is 0.0172. The standard InChI is InChI=1S/C8H17NO3/c1-6(11)3-7(5-10)4-8(9)12-2/h6-7,9-11H,3-5H2,1-2H3. The number of methoxy groups -OCH3 is 1. The maximum absolute atomic E-state index is 9.02. The van der Waals surface area contributed by atoms with Gasteiger partial charge in [-0.3, -0.25) is 5.41 Å². The molecule has 0 radical (unpaired) electrons. The molecule has 2 atom stereocenters. The molecule has 0 aromatic carbocycles. The van der Waals surface area contributed by atoms with Gasteiger partial charge in [0.25, 0.3) is 0 Å². The van der Waals surface area contributed by atoms with Crippen molar-refractivity contribution in [1.82, 2.24) is 0 Å². The Hall–Kier alpha value is -0.610. The van der Waals surface area contributed by atoms with Crippen LogP contribution in [-0.4, -0.2) is 35.9 Å². The van der Waals surface area contributed by atoms with Gasteiger partial charge in [-0.05, 0) is 19.3 Å². The van der Waals surface area contributed by atoms with E-state index in [1.165, 1.54) is 7.11 Å². The number of aliphatic hydroxyl groups excluding tert-OH is 2. The van der Waals surface area contributed by atoms with E-state index in [9.17, 15) is 0 Å². The number of ether oxygens (including phenoxy) is 1. The van der Waals surface area contributed by atoms with E-state index in [0.717, 1.165) is 0 Å². The van der Waals surface area contributed by atoms with Gasteiger partial charge in [0.1, 0.15) is 0 Å². The van der Waals surface area contributed by atoms with Crippen molar-refractivity contribution in [2.75, 3.05) is 13.7 Å². The summed E-state index contributed by atoms with van der Waals surface area (Å²) in [6.07, 6.45) is 0.451. The van der Waals surface area contributed by atoms with Crippen LogP contribution in [0.15, 0.2) is 0 Å². The fourth-order valence-electron chi connectivity index (χ4n) is 1.05. The summed E-state index contributed by atoms with van der Waals surface area (Å²) < 4.78 is 4.65. The van der Waals surface area contributed by atoms with Crippen molar-refractivity contribution in [2.45, 2.75) is 25.9 Å². The molecule has 3 N–H and O–H groups in total. The van der Waals surface area contributed by atoms with Crippen LogP contribution >= 0.6 is 0 Å². The van der Waals surface area contributed by atoms with Crippen LogP contribution in [0.2, 0.25) is 0 Å². The van der Waals surface area contributed by atoms with Crippen LogP contribution in [-0.2, 0) is 4.74 Å². The van der Waals surface area contributed by atoms with E-state index in [-0.39, 0.29) is 18.4 Å². The molecule has 72 valence electrons. The van der Waals surface area contributed by atoms with Crippen molar-refractivity contribution >= 4 is 5.90 Å². The molecule has 0 aliphatic heterocycles. The van der Waals surface area contributed by atoms with Crippen LogP contribution in [0.5, 0.6) is 0 Å². The molecule has 0 saturated carbocycles. The largest absolute Gasteiger partial charge is 0.484 e. The van der Waals surface area contributed by atoms with Crippen LogP contribution in [0.4, 0.5) is 0 Å². The summed E-state index contributed by atoms with van der Waals surface area (Å²) >= 11 is 0. The number of hydrogen-bond donors (Lipinski definition) is 3. The van der Waals surface area contributed by atoms with E-state index in [1.807, 2.05) is 0 Å². The average molecular weight is 175 g/mol. The van der Waals surface area contributed by atoms with Gasteiger partial charge in [-0.2, -0.15) is 0 Å². The normalized spacial score (nSPS) is 15.3. The van der Waals surface area contributed by atoms with E-state index < -0.39 is 6.10 Å². The Morgan fingerprint density at radius 1 is 1.58 bits per heavy atom. The molecule has 0 aromatic rings. The molecule has 12 heavy (non-hydrogen) atoms. The monoisotopic (exact) mass is 175 g/mol. The highest BCUT2D eigenvalue weighted by atomic mass is 16.5. The summed E-state index contributed by atoms with van der Waals surface area (Å²) in [4.78, 5) is 0. The molecule has 4 nitrogen and oxygen atoms in total. The molecule has 0 fully saturated rings. The topological polar surface area (TPSA) is 73.5 Å². The van der Waals surface area contributed by atoms with E-state index in [2.05, 4.69) is 4.74 Å². The number of aliphatic hydroxyl groups is 2. The highest BCUT2D eigenvalue weighted by Gasteiger charge is 2.13. The van der Waals surface area contributed by atoms with Crippen molar-refractivity contribution in [3.8, 4) is 0 Å². The minimum Gasteiger partial charge on any atom is -0.484 e. The third-order valence-electron chi connectivity index (χ3n) is 1.65. The number of rotatable bonds is 5. The molecule has 0 bridgehead atoms. The maximum atomic E-state index is 9.02. The predicted octanol–water partition coefficient (Wildman–Crippen LogP) is 0.380. The molecular weight excluding hydrogens is 158 g/mol. The lowest BCUT2D eigenvalue weighted by atomic mass is 9.99. The lowest BCUT2D eigenvalue weighted by Gasteiger charge is -2.15. The van der Waals surface area contributed by atoms with Gasteiger partial charge < -0.3 is 14.9 Å². The zero-order valence-electron chi connectivity index (χ0n) is 7.58. The second-order valence-corrected chi connectivity index (χ2v) is 2.96. The molecule has 0 saturated heterocycles. The minimum atomic E-state index is -0.438. The van der Waals surface area contributed by atoms with Crippen molar-refractivity contribution < 1.29 is 14.9 Å². The summed E-state index contributed by atoms with van der Waals surface area (Å²) in [5.41, 5.74) is 0. The first-order chi connectivity index (χ1) is 5.60. The molecule has 0 aliphatic carbocycles. The maximum Gasteiger partial charge on any atom is 0.180 e. The smallest absolute Gasteiger partial charge is 0.180 e. The van der Waals surface area contributed by atoms with Crippen LogP contribution < -0.4 is 0 Å². The Morgan fingerprint density at radius 3 is 2.50 bits per heavy atom. The molecule has 2 unspecified atom stereocenters. The van der Waals surface area contributed by atoms with Gasteiger partial charge in [0.2, 0.25) is 0 Å². The van der Waals surface area contributed by atoms with Gasteiger partial charge >= 0.3 is 0 Å². The van der Waals surface area contributed by atoms with Crippen LogP contribution in [0, 0.1) is 11.3 Å². The van der Waals surface area contributed by atoms with Crippen LogP contribution in [0.1, 0.15) is 19.8 Å². The third-order valence-corrected chi connectivity index (χ3v) is 1.65. The zero-order valence-corrected chi connectivity index (χ0v) is 7.58. The second kappa shape index (κ2) is 5.97. The first kappa shape index (κ1) is 11.4. The van der Waals surface area contributed by atoms with E-state index in [4.69, 9.17) is 15.6 Å². The van der Waals surface area contributed by atoms with Crippen molar-refractivity contribution in [3.63, 3.8) is 0 Å². The Bertz CT molecular complexity index is 136. The molecule has 0 aliphatic rings. The van der Waals surface area contributed by atoms with E-state index in [1.54, 1.807) is 6.92 Å². The molecule has 0 amide bonds. The zero-order chi connectivity index (χ0) is 9.56. The molecule has 0 rings (SSSR count). The summed E-state index contributed by atoms with van der Waals surface area (Å²) in [5.74, 6) is 0.0761. The highest BCUT2D eigenvalue weighted by Crippen LogP contribution is 2.11. The Kier molecular flexibility index (Phi) is 5.66. The van der Waals surface area contributed by atoms with Crippen LogP contribution in [0.3, 0.4) is 0 Å². The van der Waals surface area contributed by atoms with Crippen molar-refractivity contribution in [2.24, 2.45) is 5.92 Å². The van der Waals surface area contributed by atoms with Crippen molar-refractivity contribution in [1.29, 1.82) is 5.41 Å². The summed E-state index contributed by atoms with van der Waals surface area (Å²) in [5, 5.41) is 25.1. The fourth-order valence-corrected chi connectivity index (χ4v) is 1.05. The van der Waals surface area contributed by atoms with Gasteiger partial charge in [0.05, 0.1) is 13.2 Å². The SMILES string of the molecule is COC(=N)CC(CO)CC(C)O. The van der Waals surface area contributed by atoms with Gasteiger partial charge in [0.15, 0.2) is 5.90 Å². The van der Waals surface area contributed by atoms with Gasteiger partial charge in [-0.15, -0.1) is 0 Å². The Labute approximate surface area is 72.7 Å². The number of hydrogen-bond acceptors (Lipinski definition) is 4. The average Bonchev–Trinajstić information content (AvgIpc) is 2.02. The summed E-state index contributed by atoms with van der Waals surface area (Å²) in [6.45, 7) is 1.65. The molecule has 0 spiro atoms. The summed E-state index contributed by atoms with van der Waals surface area (Å²) in [6, 6.07) is 0.